The normalized spacial score (nSPS) is 18.8. The van der Waals surface area contributed by atoms with Gasteiger partial charge in [0.2, 0.25) is 0 Å². The summed E-state index contributed by atoms with van der Waals surface area (Å²) in [4.78, 5) is 18.4. The summed E-state index contributed by atoms with van der Waals surface area (Å²) in [6, 6.07) is 18.1. The highest BCUT2D eigenvalue weighted by molar-refractivity contribution is 5.81. The Labute approximate surface area is 141 Å². The van der Waals surface area contributed by atoms with Crippen molar-refractivity contribution in [2.24, 2.45) is 0 Å². The van der Waals surface area contributed by atoms with Crippen LogP contribution in [0.1, 0.15) is 17.2 Å². The first-order valence-electron chi connectivity index (χ1n) is 8.04. The Morgan fingerprint density at radius 3 is 2.67 bits per heavy atom. The highest BCUT2D eigenvalue weighted by Crippen LogP contribution is 2.42. The third-order valence-corrected chi connectivity index (χ3v) is 4.41. The molecule has 1 fully saturated rings. The first-order valence-corrected chi connectivity index (χ1v) is 8.04. The number of carbonyl (C=O) groups is 1. The number of fused-ring (bicyclic) bond motifs is 4. The minimum absolute atomic E-state index is 0.0827. The lowest BCUT2D eigenvalue weighted by Gasteiger charge is -2.37. The molecule has 4 rings (SSSR count). The predicted octanol–water partition coefficient (Wildman–Crippen LogP) is 3.52. The zero-order valence-electron chi connectivity index (χ0n) is 13.3. The zero-order valence-corrected chi connectivity index (χ0v) is 13.3. The van der Waals surface area contributed by atoms with E-state index in [2.05, 4.69) is 30.8 Å². The Balaban J connectivity index is 1.71. The van der Waals surface area contributed by atoms with Gasteiger partial charge in [-0.1, -0.05) is 54.6 Å². The highest BCUT2D eigenvalue weighted by Gasteiger charge is 2.47. The van der Waals surface area contributed by atoms with Crippen LogP contribution in [-0.4, -0.2) is 29.3 Å². The van der Waals surface area contributed by atoms with Gasteiger partial charge in [-0.05, 0) is 11.6 Å². The van der Waals surface area contributed by atoms with E-state index in [1.165, 1.54) is 5.06 Å². The molecule has 2 bridgehead atoms. The number of anilines is 1. The van der Waals surface area contributed by atoms with Gasteiger partial charge in [0.1, 0.15) is 6.04 Å². The number of hydrazine groups is 1. The van der Waals surface area contributed by atoms with Crippen LogP contribution in [0.3, 0.4) is 0 Å². The average molecular weight is 321 g/mol. The summed E-state index contributed by atoms with van der Waals surface area (Å²) in [6.07, 6.45) is 1.65. The van der Waals surface area contributed by atoms with Gasteiger partial charge in [0, 0.05) is 5.56 Å². The second-order valence-electron chi connectivity index (χ2n) is 5.89. The monoisotopic (exact) mass is 321 g/mol. The molecular formula is C19H19N3O2. The molecule has 0 aliphatic carbocycles. The second kappa shape index (κ2) is 6.02. The van der Waals surface area contributed by atoms with E-state index in [1.807, 2.05) is 35.3 Å². The molecule has 2 amide bonds. The largest absolute Gasteiger partial charge is 0.363 e. The van der Waals surface area contributed by atoms with E-state index in [-0.39, 0.29) is 12.1 Å². The fourth-order valence-corrected chi connectivity index (χ4v) is 3.33. The molecule has 2 aromatic carbocycles. The molecule has 0 saturated carbocycles. The quantitative estimate of drug-likeness (QED) is 0.791. The van der Waals surface area contributed by atoms with Crippen molar-refractivity contribution in [2.75, 3.05) is 18.2 Å². The van der Waals surface area contributed by atoms with Gasteiger partial charge >= 0.3 is 6.03 Å². The molecule has 0 spiro atoms. The van der Waals surface area contributed by atoms with E-state index in [0.717, 1.165) is 16.8 Å². The van der Waals surface area contributed by atoms with Gasteiger partial charge in [-0.25, -0.2) is 9.80 Å². The van der Waals surface area contributed by atoms with Gasteiger partial charge in [0.05, 0.1) is 25.4 Å². The van der Waals surface area contributed by atoms with Crippen LogP contribution in [0.5, 0.6) is 0 Å². The van der Waals surface area contributed by atoms with Crippen molar-refractivity contribution >= 4 is 11.7 Å². The van der Waals surface area contributed by atoms with E-state index in [9.17, 15) is 4.79 Å². The number of benzene rings is 2. The topological polar surface area (TPSA) is 36.0 Å². The van der Waals surface area contributed by atoms with Crippen molar-refractivity contribution in [1.82, 2.24) is 10.1 Å². The zero-order chi connectivity index (χ0) is 16.5. The molecule has 1 atom stereocenters. The number of hydrogen-bond donors (Lipinski definition) is 0. The molecule has 0 aromatic heterocycles. The number of amides is 2. The maximum absolute atomic E-state index is 12.8. The lowest BCUT2D eigenvalue weighted by Crippen LogP contribution is -2.46. The van der Waals surface area contributed by atoms with Crippen LogP contribution in [0, 0.1) is 0 Å². The molecule has 1 saturated heterocycles. The van der Waals surface area contributed by atoms with E-state index in [4.69, 9.17) is 4.84 Å². The van der Waals surface area contributed by atoms with Crippen molar-refractivity contribution in [1.29, 1.82) is 0 Å². The summed E-state index contributed by atoms with van der Waals surface area (Å²) in [5.41, 5.74) is 3.32. The second-order valence-corrected chi connectivity index (χ2v) is 5.89. The minimum Gasteiger partial charge on any atom is -0.277 e. The molecule has 5 heteroatoms. The minimum atomic E-state index is -0.131. The number of urea groups is 1. The highest BCUT2D eigenvalue weighted by atomic mass is 16.7. The third-order valence-electron chi connectivity index (χ3n) is 4.41. The number of carbonyl (C=O) groups excluding carboxylic acids is 1. The van der Waals surface area contributed by atoms with Crippen LogP contribution in [0.15, 0.2) is 67.3 Å². The molecule has 24 heavy (non-hydrogen) atoms. The molecule has 5 nitrogen and oxygen atoms in total. The van der Waals surface area contributed by atoms with Crippen molar-refractivity contribution in [3.05, 3.63) is 78.4 Å². The molecular weight excluding hydrogens is 302 g/mol. The van der Waals surface area contributed by atoms with Gasteiger partial charge in [-0.15, -0.1) is 6.58 Å². The maximum Gasteiger partial charge on any atom is 0.363 e. The number of para-hydroxylation sites is 1. The van der Waals surface area contributed by atoms with Crippen LogP contribution >= 0.6 is 0 Å². The average Bonchev–Trinajstić information content (AvgIpc) is 2.91. The van der Waals surface area contributed by atoms with Crippen LogP contribution in [0.25, 0.3) is 0 Å². The Hall–Kier alpha value is -2.79. The Morgan fingerprint density at radius 1 is 1.12 bits per heavy atom. The SMILES string of the molecule is C=CCON1C(=O)N2CC1c1ccccc1N2Cc1ccccc1. The fraction of sp³-hybridized carbons (Fsp3) is 0.211. The Kier molecular flexibility index (Phi) is 3.70. The fourth-order valence-electron chi connectivity index (χ4n) is 3.33. The van der Waals surface area contributed by atoms with Crippen LogP contribution in [0.4, 0.5) is 10.5 Å². The van der Waals surface area contributed by atoms with Gasteiger partial charge in [-0.2, -0.15) is 5.06 Å². The van der Waals surface area contributed by atoms with Gasteiger partial charge < -0.3 is 0 Å². The molecule has 2 heterocycles. The maximum atomic E-state index is 12.8. The van der Waals surface area contributed by atoms with E-state index in [0.29, 0.717) is 19.7 Å². The molecule has 2 aliphatic heterocycles. The number of rotatable bonds is 5. The number of hydrogen-bond acceptors (Lipinski definition) is 3. The van der Waals surface area contributed by atoms with Crippen molar-refractivity contribution < 1.29 is 9.63 Å². The number of hydroxylamine groups is 2. The van der Waals surface area contributed by atoms with E-state index < -0.39 is 0 Å². The molecule has 0 radical (unpaired) electrons. The Bertz CT molecular complexity index is 762. The van der Waals surface area contributed by atoms with Crippen LogP contribution < -0.4 is 5.01 Å². The molecule has 1 unspecified atom stereocenters. The standard InChI is InChI=1S/C19H19N3O2/c1-2-12-24-22-18-14-21(19(22)23)20(13-15-8-4-3-5-9-15)17-11-7-6-10-16(17)18/h2-11,18H,1,12-14H2. The smallest absolute Gasteiger partial charge is 0.277 e. The van der Waals surface area contributed by atoms with Crippen LogP contribution in [-0.2, 0) is 11.4 Å². The molecule has 0 N–H and O–H groups in total. The van der Waals surface area contributed by atoms with Gasteiger partial charge in [0.25, 0.3) is 0 Å². The summed E-state index contributed by atoms with van der Waals surface area (Å²) < 4.78 is 0. The summed E-state index contributed by atoms with van der Waals surface area (Å²) in [5, 5.41) is 5.29. The first-order chi connectivity index (χ1) is 11.8. The van der Waals surface area contributed by atoms with Gasteiger partial charge in [-0.3, -0.25) is 9.85 Å². The molecule has 2 aliphatic rings. The summed E-state index contributed by atoms with van der Waals surface area (Å²) in [5.74, 6) is 0. The van der Waals surface area contributed by atoms with E-state index in [1.54, 1.807) is 11.1 Å². The van der Waals surface area contributed by atoms with Crippen LogP contribution in [0.2, 0.25) is 0 Å². The summed E-state index contributed by atoms with van der Waals surface area (Å²) in [6.45, 7) is 5.22. The summed E-state index contributed by atoms with van der Waals surface area (Å²) >= 11 is 0. The lowest BCUT2D eigenvalue weighted by molar-refractivity contribution is -0.118. The van der Waals surface area contributed by atoms with E-state index >= 15 is 0 Å². The van der Waals surface area contributed by atoms with Crippen molar-refractivity contribution in [2.45, 2.75) is 12.6 Å². The lowest BCUT2D eigenvalue weighted by atomic mass is 10.0. The Morgan fingerprint density at radius 2 is 1.88 bits per heavy atom. The van der Waals surface area contributed by atoms with Crippen molar-refractivity contribution in [3.63, 3.8) is 0 Å². The molecule has 122 valence electrons. The first kappa shape index (κ1) is 14.8. The molecule has 2 aromatic rings. The van der Waals surface area contributed by atoms with Crippen molar-refractivity contribution in [3.8, 4) is 0 Å². The van der Waals surface area contributed by atoms with Gasteiger partial charge in [0.15, 0.2) is 0 Å². The third kappa shape index (κ3) is 2.34. The summed E-state index contributed by atoms with van der Waals surface area (Å²) in [7, 11) is 0. The predicted molar refractivity (Wildman–Crippen MR) is 91.9 cm³/mol. The number of nitrogens with zero attached hydrogens (tertiary/aromatic N) is 3.